The molecular weight excluding hydrogens is 352 g/mol. The van der Waals surface area contributed by atoms with Gasteiger partial charge in [-0.1, -0.05) is 24.3 Å². The summed E-state index contributed by atoms with van der Waals surface area (Å²) in [5.74, 6) is 0.712. The minimum Gasteiger partial charge on any atom is -0.355 e. The Hall–Kier alpha value is -2.47. The average molecular weight is 380 g/mol. The molecule has 1 aromatic carbocycles. The fourth-order valence-electron chi connectivity index (χ4n) is 4.40. The molecule has 6 nitrogen and oxygen atoms in total. The van der Waals surface area contributed by atoms with Gasteiger partial charge < -0.3 is 10.3 Å². The Kier molecular flexibility index (Phi) is 5.57. The lowest BCUT2D eigenvalue weighted by molar-refractivity contribution is -0.125. The molecule has 0 saturated heterocycles. The van der Waals surface area contributed by atoms with Crippen LogP contribution in [-0.2, 0) is 30.6 Å². The second kappa shape index (κ2) is 8.27. The largest absolute Gasteiger partial charge is 0.355 e. The number of benzene rings is 1. The van der Waals surface area contributed by atoms with Gasteiger partial charge in [-0.15, -0.1) is 0 Å². The number of fused-ring (bicyclic) bond motifs is 2. The predicted octanol–water partition coefficient (Wildman–Crippen LogP) is 1.75. The third kappa shape index (κ3) is 4.17. The molecule has 1 aromatic heterocycles. The van der Waals surface area contributed by atoms with E-state index in [4.69, 9.17) is 0 Å². The molecule has 0 bridgehead atoms. The zero-order valence-electron chi connectivity index (χ0n) is 16.5. The highest BCUT2D eigenvalue weighted by atomic mass is 16.2. The summed E-state index contributed by atoms with van der Waals surface area (Å²) in [4.78, 5) is 34.5. The maximum atomic E-state index is 12.7. The van der Waals surface area contributed by atoms with Gasteiger partial charge in [-0.05, 0) is 50.2 Å². The number of amides is 1. The van der Waals surface area contributed by atoms with Gasteiger partial charge in [0.25, 0.3) is 5.56 Å². The minimum absolute atomic E-state index is 0.0454. The van der Waals surface area contributed by atoms with Gasteiger partial charge in [-0.25, -0.2) is 4.98 Å². The van der Waals surface area contributed by atoms with Gasteiger partial charge >= 0.3 is 0 Å². The highest BCUT2D eigenvalue weighted by molar-refractivity contribution is 5.78. The lowest BCUT2D eigenvalue weighted by atomic mass is 9.98. The Morgan fingerprint density at radius 3 is 2.86 bits per heavy atom. The van der Waals surface area contributed by atoms with Gasteiger partial charge in [0.15, 0.2) is 0 Å². The predicted molar refractivity (Wildman–Crippen MR) is 108 cm³/mol. The van der Waals surface area contributed by atoms with E-state index in [0.717, 1.165) is 43.7 Å². The number of aromatic amines is 1. The first-order chi connectivity index (χ1) is 13.6. The van der Waals surface area contributed by atoms with Crippen molar-refractivity contribution >= 4 is 5.91 Å². The molecule has 0 spiro atoms. The lowest BCUT2D eigenvalue weighted by Crippen LogP contribution is -2.39. The summed E-state index contributed by atoms with van der Waals surface area (Å²) in [7, 11) is 0. The maximum Gasteiger partial charge on any atom is 0.254 e. The first-order valence-corrected chi connectivity index (χ1v) is 10.3. The van der Waals surface area contributed by atoms with Crippen molar-refractivity contribution in [2.45, 2.75) is 45.6 Å². The minimum atomic E-state index is -0.0473. The summed E-state index contributed by atoms with van der Waals surface area (Å²) < 4.78 is 0. The highest BCUT2D eigenvalue weighted by Gasteiger charge is 2.25. The van der Waals surface area contributed by atoms with Crippen molar-refractivity contribution in [2.24, 2.45) is 5.92 Å². The fourth-order valence-corrected chi connectivity index (χ4v) is 4.40. The summed E-state index contributed by atoms with van der Waals surface area (Å²) >= 11 is 0. The molecule has 28 heavy (non-hydrogen) atoms. The molecule has 148 valence electrons. The molecule has 0 saturated carbocycles. The number of nitrogens with zero attached hydrogens (tertiary/aromatic N) is 2. The Bertz CT molecular complexity index is 921. The number of nitrogens with one attached hydrogen (secondary N) is 2. The number of aryl methyl sites for hydroxylation is 2. The van der Waals surface area contributed by atoms with Crippen LogP contribution in [0.5, 0.6) is 0 Å². The third-order valence-corrected chi connectivity index (χ3v) is 6.00. The van der Waals surface area contributed by atoms with Crippen molar-refractivity contribution in [3.05, 3.63) is 62.8 Å². The average Bonchev–Trinajstić information content (AvgIpc) is 2.91. The molecule has 2 aromatic rings. The summed E-state index contributed by atoms with van der Waals surface area (Å²) in [6.07, 6.45) is 3.86. The van der Waals surface area contributed by atoms with Gasteiger partial charge in [0, 0.05) is 37.7 Å². The van der Waals surface area contributed by atoms with Gasteiger partial charge in [-0.3, -0.25) is 14.5 Å². The standard InChI is InChI=1S/C22H28N4O2/c1-15-24-20-9-7-17(6-8-19(20)22(28)25-15)21(27)23-11-13-26-12-10-16-4-2-3-5-18(16)14-26/h2-5,17H,6-14H2,1H3,(H,23,27)(H,24,25,28). The summed E-state index contributed by atoms with van der Waals surface area (Å²) in [5.41, 5.74) is 4.42. The molecule has 1 aliphatic carbocycles. The van der Waals surface area contributed by atoms with Crippen LogP contribution in [0.4, 0.5) is 0 Å². The quantitative estimate of drug-likeness (QED) is 0.792. The Labute approximate surface area is 165 Å². The maximum absolute atomic E-state index is 12.7. The van der Waals surface area contributed by atoms with Crippen LogP contribution < -0.4 is 10.9 Å². The van der Waals surface area contributed by atoms with E-state index in [1.54, 1.807) is 6.92 Å². The van der Waals surface area contributed by atoms with Gasteiger partial charge in [0.2, 0.25) is 5.91 Å². The molecule has 1 unspecified atom stereocenters. The Balaban J connectivity index is 1.27. The molecule has 1 aliphatic heterocycles. The molecule has 4 rings (SSSR count). The summed E-state index contributed by atoms with van der Waals surface area (Å²) in [6.45, 7) is 5.34. The number of aromatic nitrogens is 2. The number of carbonyl (C=O) groups is 1. The van der Waals surface area contributed by atoms with E-state index in [-0.39, 0.29) is 17.4 Å². The molecule has 1 amide bonds. The smallest absolute Gasteiger partial charge is 0.254 e. The number of rotatable bonds is 4. The van der Waals surface area contributed by atoms with Crippen LogP contribution in [0, 0.1) is 12.8 Å². The van der Waals surface area contributed by atoms with Crippen LogP contribution in [0.15, 0.2) is 29.1 Å². The molecule has 1 atom stereocenters. The Morgan fingerprint density at radius 2 is 2.00 bits per heavy atom. The second-order valence-electron chi connectivity index (χ2n) is 7.94. The SMILES string of the molecule is Cc1nc2c(c(=O)[nH]1)CCC(C(=O)NCCN1CCc3ccccc3C1)CC2. The molecular formula is C22H28N4O2. The van der Waals surface area contributed by atoms with E-state index in [2.05, 4.69) is 44.5 Å². The van der Waals surface area contributed by atoms with E-state index < -0.39 is 0 Å². The second-order valence-corrected chi connectivity index (χ2v) is 7.94. The van der Waals surface area contributed by atoms with Gasteiger partial charge in [-0.2, -0.15) is 0 Å². The van der Waals surface area contributed by atoms with Crippen molar-refractivity contribution in [3.8, 4) is 0 Å². The van der Waals surface area contributed by atoms with Gasteiger partial charge in [0.05, 0.1) is 5.69 Å². The highest BCUT2D eigenvalue weighted by Crippen LogP contribution is 2.22. The van der Waals surface area contributed by atoms with Crippen LogP contribution in [-0.4, -0.2) is 40.4 Å². The molecule has 0 fully saturated rings. The van der Waals surface area contributed by atoms with Crippen LogP contribution in [0.2, 0.25) is 0 Å². The molecule has 2 aliphatic rings. The van der Waals surface area contributed by atoms with E-state index in [9.17, 15) is 9.59 Å². The van der Waals surface area contributed by atoms with Crippen molar-refractivity contribution in [1.29, 1.82) is 0 Å². The normalized spacial score (nSPS) is 19.4. The number of hydrogen-bond donors (Lipinski definition) is 2. The first kappa shape index (κ1) is 18.9. The Morgan fingerprint density at radius 1 is 1.21 bits per heavy atom. The van der Waals surface area contributed by atoms with Crippen molar-refractivity contribution in [1.82, 2.24) is 20.2 Å². The fraction of sp³-hybridized carbons (Fsp3) is 0.500. The van der Waals surface area contributed by atoms with Crippen LogP contribution in [0.1, 0.15) is 41.1 Å². The first-order valence-electron chi connectivity index (χ1n) is 10.3. The lowest BCUT2D eigenvalue weighted by Gasteiger charge is -2.28. The molecule has 2 N–H and O–H groups in total. The summed E-state index contributed by atoms with van der Waals surface area (Å²) in [5, 5.41) is 3.12. The van der Waals surface area contributed by atoms with Crippen molar-refractivity contribution < 1.29 is 4.79 Å². The van der Waals surface area contributed by atoms with E-state index in [1.807, 2.05) is 0 Å². The van der Waals surface area contributed by atoms with Crippen molar-refractivity contribution in [2.75, 3.05) is 19.6 Å². The topological polar surface area (TPSA) is 78.1 Å². The third-order valence-electron chi connectivity index (χ3n) is 6.00. The van der Waals surface area contributed by atoms with Crippen LogP contribution >= 0.6 is 0 Å². The van der Waals surface area contributed by atoms with Crippen LogP contribution in [0.25, 0.3) is 0 Å². The summed E-state index contributed by atoms with van der Waals surface area (Å²) in [6, 6.07) is 8.60. The zero-order chi connectivity index (χ0) is 19.5. The molecule has 0 radical (unpaired) electrons. The number of carbonyl (C=O) groups excluding carboxylic acids is 1. The van der Waals surface area contributed by atoms with Crippen LogP contribution in [0.3, 0.4) is 0 Å². The van der Waals surface area contributed by atoms with Crippen molar-refractivity contribution in [3.63, 3.8) is 0 Å². The van der Waals surface area contributed by atoms with E-state index in [1.165, 1.54) is 11.1 Å². The van der Waals surface area contributed by atoms with E-state index in [0.29, 0.717) is 31.6 Å². The van der Waals surface area contributed by atoms with E-state index >= 15 is 0 Å². The monoisotopic (exact) mass is 380 g/mol. The zero-order valence-corrected chi connectivity index (χ0v) is 16.5. The number of hydrogen-bond acceptors (Lipinski definition) is 4. The molecule has 2 heterocycles. The van der Waals surface area contributed by atoms with Gasteiger partial charge in [0.1, 0.15) is 5.82 Å². The number of H-pyrrole nitrogens is 1. The molecule has 6 heteroatoms.